The van der Waals surface area contributed by atoms with E-state index in [1.807, 2.05) is 32.6 Å². The number of hydrogen-bond acceptors (Lipinski definition) is 2. The first-order valence-corrected chi connectivity index (χ1v) is 6.65. The van der Waals surface area contributed by atoms with Crippen molar-refractivity contribution in [2.45, 2.75) is 53.5 Å². The van der Waals surface area contributed by atoms with Crippen LogP contribution >= 0.6 is 0 Å². The molecule has 0 aromatic carbocycles. The summed E-state index contributed by atoms with van der Waals surface area (Å²) >= 11 is 0. The molecule has 0 spiro atoms. The molecule has 1 fully saturated rings. The van der Waals surface area contributed by atoms with Crippen molar-refractivity contribution in [1.82, 2.24) is 4.90 Å². The number of amides is 1. The molecule has 1 aliphatic rings. The molecule has 1 rings (SSSR count). The van der Waals surface area contributed by atoms with Gasteiger partial charge in [-0.2, -0.15) is 0 Å². The van der Waals surface area contributed by atoms with Crippen LogP contribution in [0.3, 0.4) is 0 Å². The first kappa shape index (κ1) is 14.5. The van der Waals surface area contributed by atoms with Gasteiger partial charge in [-0.1, -0.05) is 13.8 Å². The van der Waals surface area contributed by atoms with E-state index in [1.165, 1.54) is 0 Å². The first-order chi connectivity index (χ1) is 7.57. The van der Waals surface area contributed by atoms with Crippen LogP contribution in [-0.4, -0.2) is 29.4 Å². The van der Waals surface area contributed by atoms with Crippen LogP contribution in [0.5, 0.6) is 0 Å². The van der Waals surface area contributed by atoms with Gasteiger partial charge in [-0.15, -0.1) is 0 Å². The van der Waals surface area contributed by atoms with Crippen molar-refractivity contribution in [3.63, 3.8) is 0 Å². The van der Waals surface area contributed by atoms with Crippen LogP contribution in [0.2, 0.25) is 0 Å². The summed E-state index contributed by atoms with van der Waals surface area (Å²) in [4.78, 5) is 14.5. The Labute approximate surface area is 106 Å². The quantitative estimate of drug-likeness (QED) is 0.822. The molecule has 17 heavy (non-hydrogen) atoms. The van der Waals surface area contributed by atoms with Crippen LogP contribution in [0.25, 0.3) is 0 Å². The molecule has 1 aliphatic heterocycles. The average molecular weight is 240 g/mol. The fourth-order valence-corrected chi connectivity index (χ4v) is 2.19. The predicted octanol–water partition coefficient (Wildman–Crippen LogP) is 2.25. The molecule has 0 radical (unpaired) electrons. The lowest BCUT2D eigenvalue weighted by molar-refractivity contribution is -0.142. The molecule has 0 aliphatic carbocycles. The molecular weight excluding hydrogens is 212 g/mol. The van der Waals surface area contributed by atoms with Crippen molar-refractivity contribution in [2.75, 3.05) is 13.1 Å². The molecule has 1 heterocycles. The van der Waals surface area contributed by atoms with E-state index in [9.17, 15) is 4.79 Å². The van der Waals surface area contributed by atoms with E-state index < -0.39 is 11.0 Å². The van der Waals surface area contributed by atoms with Gasteiger partial charge in [-0.25, -0.2) is 0 Å². The van der Waals surface area contributed by atoms with Crippen molar-refractivity contribution in [2.24, 2.45) is 23.0 Å². The summed E-state index contributed by atoms with van der Waals surface area (Å²) < 4.78 is 0. The number of likely N-dealkylation sites (tertiary alicyclic amines) is 1. The Morgan fingerprint density at radius 1 is 1.29 bits per heavy atom. The fourth-order valence-electron chi connectivity index (χ4n) is 2.19. The Bertz CT molecular complexity index is 289. The van der Waals surface area contributed by atoms with Crippen LogP contribution in [0.15, 0.2) is 0 Å². The normalized spacial score (nSPS) is 22.4. The standard InChI is InChI=1S/C14H28N2O/c1-10(2)11-7-8-16(9-11)12(17)13(3,4)14(5,6)15/h10-11H,7-9,15H2,1-6H3. The maximum atomic E-state index is 12.5. The molecule has 1 amide bonds. The molecular formula is C14H28N2O. The van der Waals surface area contributed by atoms with E-state index in [1.54, 1.807) is 0 Å². The molecule has 0 bridgehead atoms. The number of rotatable bonds is 3. The highest BCUT2D eigenvalue weighted by Gasteiger charge is 2.44. The molecule has 1 atom stereocenters. The third-order valence-corrected chi connectivity index (χ3v) is 4.60. The Hall–Kier alpha value is -0.570. The van der Waals surface area contributed by atoms with Gasteiger partial charge in [0.2, 0.25) is 5.91 Å². The summed E-state index contributed by atoms with van der Waals surface area (Å²) in [5, 5.41) is 0. The highest BCUT2D eigenvalue weighted by Crippen LogP contribution is 2.33. The van der Waals surface area contributed by atoms with Crippen LogP contribution in [0.1, 0.15) is 48.0 Å². The summed E-state index contributed by atoms with van der Waals surface area (Å²) in [6.07, 6.45) is 1.13. The Balaban J connectivity index is 2.73. The minimum Gasteiger partial charge on any atom is -0.342 e. The summed E-state index contributed by atoms with van der Waals surface area (Å²) in [7, 11) is 0. The van der Waals surface area contributed by atoms with Crippen LogP contribution in [-0.2, 0) is 4.79 Å². The van der Waals surface area contributed by atoms with E-state index >= 15 is 0 Å². The van der Waals surface area contributed by atoms with Gasteiger partial charge in [0.25, 0.3) is 0 Å². The number of carbonyl (C=O) groups excluding carboxylic acids is 1. The SMILES string of the molecule is CC(C)C1CCN(C(=O)C(C)(C)C(C)(C)N)C1. The first-order valence-electron chi connectivity index (χ1n) is 6.65. The summed E-state index contributed by atoms with van der Waals surface area (Å²) in [6, 6.07) is 0. The van der Waals surface area contributed by atoms with Gasteiger partial charge >= 0.3 is 0 Å². The Morgan fingerprint density at radius 2 is 1.82 bits per heavy atom. The van der Waals surface area contributed by atoms with Gasteiger partial charge in [0.05, 0.1) is 5.41 Å². The average Bonchev–Trinajstić information content (AvgIpc) is 2.63. The zero-order valence-electron chi connectivity index (χ0n) is 12.2. The molecule has 1 saturated heterocycles. The smallest absolute Gasteiger partial charge is 0.230 e. The summed E-state index contributed by atoms with van der Waals surface area (Å²) in [5.41, 5.74) is 5.14. The van der Waals surface area contributed by atoms with Crippen LogP contribution < -0.4 is 5.73 Å². The van der Waals surface area contributed by atoms with Crippen molar-refractivity contribution >= 4 is 5.91 Å². The largest absolute Gasteiger partial charge is 0.342 e. The van der Waals surface area contributed by atoms with E-state index in [-0.39, 0.29) is 5.91 Å². The minimum absolute atomic E-state index is 0.202. The lowest BCUT2D eigenvalue weighted by Crippen LogP contribution is -2.56. The van der Waals surface area contributed by atoms with Crippen LogP contribution in [0.4, 0.5) is 0 Å². The highest BCUT2D eigenvalue weighted by molar-refractivity contribution is 5.83. The monoisotopic (exact) mass is 240 g/mol. The topological polar surface area (TPSA) is 46.3 Å². The van der Waals surface area contributed by atoms with Crippen molar-refractivity contribution in [3.8, 4) is 0 Å². The third kappa shape index (κ3) is 2.82. The Kier molecular flexibility index (Phi) is 3.92. The van der Waals surface area contributed by atoms with Crippen molar-refractivity contribution in [3.05, 3.63) is 0 Å². The number of nitrogens with zero attached hydrogens (tertiary/aromatic N) is 1. The zero-order valence-corrected chi connectivity index (χ0v) is 12.2. The molecule has 100 valence electrons. The number of hydrogen-bond donors (Lipinski definition) is 1. The molecule has 0 aromatic rings. The second-order valence-electron chi connectivity index (χ2n) is 6.89. The molecule has 2 N–H and O–H groups in total. The maximum absolute atomic E-state index is 12.5. The fraction of sp³-hybridized carbons (Fsp3) is 0.929. The van der Waals surface area contributed by atoms with Gasteiger partial charge in [0.1, 0.15) is 0 Å². The number of nitrogens with two attached hydrogens (primary N) is 1. The van der Waals surface area contributed by atoms with Gasteiger partial charge in [-0.3, -0.25) is 4.79 Å². The highest BCUT2D eigenvalue weighted by atomic mass is 16.2. The second-order valence-corrected chi connectivity index (χ2v) is 6.89. The minimum atomic E-state index is -0.501. The number of carbonyl (C=O) groups is 1. The summed E-state index contributed by atoms with van der Waals surface area (Å²) in [5.74, 6) is 1.51. The van der Waals surface area contributed by atoms with Crippen LogP contribution in [0, 0.1) is 17.3 Å². The van der Waals surface area contributed by atoms with E-state index in [0.29, 0.717) is 11.8 Å². The van der Waals surface area contributed by atoms with Gasteiger partial charge < -0.3 is 10.6 Å². The second kappa shape index (κ2) is 4.60. The van der Waals surface area contributed by atoms with Gasteiger partial charge in [-0.05, 0) is 46.0 Å². The molecule has 1 unspecified atom stereocenters. The molecule has 3 heteroatoms. The van der Waals surface area contributed by atoms with E-state index in [2.05, 4.69) is 13.8 Å². The van der Waals surface area contributed by atoms with Crippen molar-refractivity contribution in [1.29, 1.82) is 0 Å². The molecule has 0 saturated carbocycles. The molecule has 3 nitrogen and oxygen atoms in total. The van der Waals surface area contributed by atoms with Gasteiger partial charge in [0, 0.05) is 18.6 Å². The molecule has 0 aromatic heterocycles. The lowest BCUT2D eigenvalue weighted by atomic mass is 9.74. The van der Waals surface area contributed by atoms with E-state index in [4.69, 9.17) is 5.73 Å². The lowest BCUT2D eigenvalue weighted by Gasteiger charge is -2.39. The Morgan fingerprint density at radius 3 is 2.18 bits per heavy atom. The maximum Gasteiger partial charge on any atom is 0.230 e. The van der Waals surface area contributed by atoms with Crippen molar-refractivity contribution < 1.29 is 4.79 Å². The third-order valence-electron chi connectivity index (χ3n) is 4.60. The van der Waals surface area contributed by atoms with Gasteiger partial charge in [0.15, 0.2) is 0 Å². The zero-order chi connectivity index (χ0) is 13.4. The summed E-state index contributed by atoms with van der Waals surface area (Å²) in [6.45, 7) is 14.0. The predicted molar refractivity (Wildman–Crippen MR) is 71.6 cm³/mol. The van der Waals surface area contributed by atoms with E-state index in [0.717, 1.165) is 19.5 Å².